The second-order valence-electron chi connectivity index (χ2n) is 9.02. The van der Waals surface area contributed by atoms with Gasteiger partial charge in [-0.05, 0) is 37.5 Å². The zero-order valence-electron chi connectivity index (χ0n) is 21.3. The number of rotatable bonds is 4. The number of hydrogen-bond donors (Lipinski definition) is 2. The zero-order valence-corrected chi connectivity index (χ0v) is 22.9. The number of carbonyl (C=O) groups is 6. The Hall–Kier alpha value is -2.86. The van der Waals surface area contributed by atoms with Crippen LogP contribution in [0.5, 0.6) is 0 Å². The Morgan fingerprint density at radius 1 is 0.838 bits per heavy atom. The summed E-state index contributed by atoms with van der Waals surface area (Å²) in [5.41, 5.74) is -0.502. The van der Waals surface area contributed by atoms with Crippen LogP contribution in [0.25, 0.3) is 0 Å². The highest BCUT2D eigenvalue weighted by Crippen LogP contribution is 2.31. The predicted octanol–water partition coefficient (Wildman–Crippen LogP) is 2.35. The van der Waals surface area contributed by atoms with E-state index in [4.69, 9.17) is 9.47 Å². The maximum absolute atomic E-state index is 12.9. The minimum absolute atomic E-state index is 0.0492. The first kappa shape index (κ1) is 30.4. The molecule has 1 aliphatic heterocycles. The van der Waals surface area contributed by atoms with E-state index in [1.54, 1.807) is 27.7 Å². The molecule has 0 saturated heterocycles. The Balaban J connectivity index is 2.40. The molecule has 0 radical (unpaired) electrons. The average molecular weight is 553 g/mol. The van der Waals surface area contributed by atoms with Crippen molar-refractivity contribution in [3.05, 3.63) is 35.4 Å². The lowest BCUT2D eigenvalue weighted by Gasteiger charge is -2.24. The lowest BCUT2D eigenvalue weighted by molar-refractivity contribution is -0.145. The van der Waals surface area contributed by atoms with Crippen molar-refractivity contribution in [2.75, 3.05) is 24.7 Å². The van der Waals surface area contributed by atoms with Crippen LogP contribution in [0.4, 0.5) is 0 Å². The number of hydrogen-bond acceptors (Lipinski definition) is 10. The Bertz CT molecular complexity index is 968. The fourth-order valence-electron chi connectivity index (χ4n) is 3.41. The molecular formula is C25H32N2O8S2. The van der Waals surface area contributed by atoms with Gasteiger partial charge in [-0.1, -0.05) is 43.4 Å². The van der Waals surface area contributed by atoms with Gasteiger partial charge in [-0.3, -0.25) is 19.2 Å². The van der Waals surface area contributed by atoms with Crippen molar-refractivity contribution in [1.82, 2.24) is 10.6 Å². The smallest absolute Gasteiger partial charge is 0.329 e. The van der Waals surface area contributed by atoms with Crippen molar-refractivity contribution < 1.29 is 38.2 Å². The van der Waals surface area contributed by atoms with E-state index in [0.717, 1.165) is 23.5 Å². The molecule has 1 aliphatic rings. The largest absolute Gasteiger partial charge is 0.464 e. The van der Waals surface area contributed by atoms with E-state index < -0.39 is 41.3 Å². The molecule has 202 valence electrons. The number of fused-ring (bicyclic) bond motifs is 2. The molecule has 0 spiro atoms. The van der Waals surface area contributed by atoms with E-state index in [9.17, 15) is 28.8 Å². The summed E-state index contributed by atoms with van der Waals surface area (Å²) in [6.07, 6.45) is 0.0983. The number of nitrogens with one attached hydrogen (secondary N) is 2. The summed E-state index contributed by atoms with van der Waals surface area (Å²) in [5, 5.41) is 4.65. The third-order valence-electron chi connectivity index (χ3n) is 5.21. The van der Waals surface area contributed by atoms with Crippen molar-refractivity contribution in [2.24, 2.45) is 5.41 Å². The van der Waals surface area contributed by atoms with Crippen molar-refractivity contribution in [3.8, 4) is 0 Å². The molecule has 10 nitrogen and oxygen atoms in total. The molecule has 37 heavy (non-hydrogen) atoms. The fourth-order valence-corrected chi connectivity index (χ4v) is 5.54. The summed E-state index contributed by atoms with van der Waals surface area (Å²) < 4.78 is 10.1. The van der Waals surface area contributed by atoms with Crippen molar-refractivity contribution in [2.45, 2.75) is 52.6 Å². The Morgan fingerprint density at radius 2 is 1.24 bits per heavy atom. The molecule has 2 amide bonds. The summed E-state index contributed by atoms with van der Waals surface area (Å²) in [6.45, 7) is 6.97. The molecule has 2 atom stereocenters. The molecule has 0 fully saturated rings. The SMILES string of the molecule is CCOC(=O)C1CSC(=O)CC(C)(C)CC(=O)SC[C@H](C(=O)OCC)NC(=O)c2cccc(c2)C(=O)N1. The molecule has 1 aromatic carbocycles. The van der Waals surface area contributed by atoms with E-state index in [0.29, 0.717) is 0 Å². The maximum atomic E-state index is 12.9. The fraction of sp³-hybridized carbons (Fsp3) is 0.520. The van der Waals surface area contributed by atoms with Crippen LogP contribution in [0.3, 0.4) is 0 Å². The van der Waals surface area contributed by atoms with Gasteiger partial charge in [0.05, 0.1) is 13.2 Å². The van der Waals surface area contributed by atoms with Crippen LogP contribution < -0.4 is 10.6 Å². The van der Waals surface area contributed by atoms with Gasteiger partial charge in [0.25, 0.3) is 11.8 Å². The van der Waals surface area contributed by atoms with Gasteiger partial charge in [0, 0.05) is 35.5 Å². The summed E-state index contributed by atoms with van der Waals surface area (Å²) in [5.74, 6) is -2.76. The molecule has 0 aliphatic carbocycles. The number of carbonyl (C=O) groups excluding carboxylic acids is 6. The van der Waals surface area contributed by atoms with Gasteiger partial charge in [0.2, 0.25) is 0 Å². The second-order valence-corrected chi connectivity index (χ2v) is 11.2. The molecule has 0 aromatic heterocycles. The normalized spacial score (nSPS) is 21.6. The summed E-state index contributed by atoms with van der Waals surface area (Å²) >= 11 is 1.75. The van der Waals surface area contributed by atoms with Gasteiger partial charge in [-0.25, -0.2) is 9.59 Å². The van der Waals surface area contributed by atoms with Gasteiger partial charge in [0.1, 0.15) is 12.1 Å². The standard InChI is InChI=1S/C25H32N2O8S2/c1-5-34-23(32)17-13-36-19(28)11-25(3,4)12-20(29)37-14-18(24(33)35-6-2)27-22(31)16-9-7-8-15(10-16)21(30)26-17/h7-10,17-18H,5-6,11-14H2,1-4H3,(H,26,30)(H,27,31)/t17-,18?/m1/s1. The molecule has 1 aromatic rings. The first-order valence-corrected chi connectivity index (χ1v) is 13.8. The van der Waals surface area contributed by atoms with Crippen LogP contribution in [0.2, 0.25) is 0 Å². The molecule has 1 heterocycles. The highest BCUT2D eigenvalue weighted by Gasteiger charge is 2.30. The van der Waals surface area contributed by atoms with Crippen LogP contribution in [0, 0.1) is 5.41 Å². The number of ether oxygens (including phenoxy) is 2. The zero-order chi connectivity index (χ0) is 27.6. The summed E-state index contributed by atoms with van der Waals surface area (Å²) in [7, 11) is 0. The van der Waals surface area contributed by atoms with E-state index in [1.165, 1.54) is 24.3 Å². The van der Waals surface area contributed by atoms with E-state index in [-0.39, 0.29) is 58.9 Å². The summed E-state index contributed by atoms with van der Waals surface area (Å²) in [6, 6.07) is 3.52. The number of benzene rings is 1. The monoisotopic (exact) mass is 552 g/mol. The highest BCUT2D eigenvalue weighted by atomic mass is 32.2. The van der Waals surface area contributed by atoms with Crippen molar-refractivity contribution >= 4 is 57.5 Å². The van der Waals surface area contributed by atoms with Crippen LogP contribution >= 0.6 is 23.5 Å². The molecule has 12 heteroatoms. The minimum Gasteiger partial charge on any atom is -0.464 e. The number of thioether (sulfide) groups is 2. The second kappa shape index (κ2) is 14.2. The van der Waals surface area contributed by atoms with E-state index in [2.05, 4.69) is 10.6 Å². The van der Waals surface area contributed by atoms with E-state index in [1.807, 2.05) is 0 Å². The van der Waals surface area contributed by atoms with Gasteiger partial charge in [-0.15, -0.1) is 0 Å². The molecule has 0 saturated carbocycles. The van der Waals surface area contributed by atoms with Crippen LogP contribution in [0.1, 0.15) is 61.3 Å². The van der Waals surface area contributed by atoms with Crippen molar-refractivity contribution in [1.29, 1.82) is 0 Å². The Kier molecular flexibility index (Phi) is 11.6. The first-order chi connectivity index (χ1) is 17.5. The third kappa shape index (κ3) is 9.84. The van der Waals surface area contributed by atoms with Gasteiger partial charge < -0.3 is 20.1 Å². The molecule has 2 rings (SSSR count). The quantitative estimate of drug-likeness (QED) is 0.534. The first-order valence-electron chi connectivity index (χ1n) is 11.8. The lowest BCUT2D eigenvalue weighted by atomic mass is 9.87. The van der Waals surface area contributed by atoms with E-state index >= 15 is 0 Å². The number of amides is 2. The van der Waals surface area contributed by atoms with Gasteiger partial charge >= 0.3 is 11.9 Å². The molecule has 2 bridgehead atoms. The molecular weight excluding hydrogens is 520 g/mol. The van der Waals surface area contributed by atoms with Crippen LogP contribution in [-0.4, -0.2) is 70.8 Å². The summed E-state index contributed by atoms with van der Waals surface area (Å²) in [4.78, 5) is 76.1. The van der Waals surface area contributed by atoms with Crippen LogP contribution in [0.15, 0.2) is 24.3 Å². The predicted molar refractivity (Wildman–Crippen MR) is 140 cm³/mol. The van der Waals surface area contributed by atoms with Crippen LogP contribution in [-0.2, 0) is 28.7 Å². The Labute approximate surface area is 224 Å². The van der Waals surface area contributed by atoms with Gasteiger partial charge in [-0.2, -0.15) is 0 Å². The maximum Gasteiger partial charge on any atom is 0.329 e. The Morgan fingerprint density at radius 3 is 1.62 bits per heavy atom. The molecule has 1 unspecified atom stereocenters. The van der Waals surface area contributed by atoms with Crippen molar-refractivity contribution in [3.63, 3.8) is 0 Å². The topological polar surface area (TPSA) is 145 Å². The third-order valence-corrected chi connectivity index (χ3v) is 7.14. The average Bonchev–Trinajstić information content (AvgIpc) is 2.83. The highest BCUT2D eigenvalue weighted by molar-refractivity contribution is 8.14. The number of esters is 2. The lowest BCUT2D eigenvalue weighted by Crippen LogP contribution is -2.45. The minimum atomic E-state index is -1.11. The molecule has 2 N–H and O–H groups in total. The van der Waals surface area contributed by atoms with Gasteiger partial charge in [0.15, 0.2) is 10.2 Å².